The molecule has 2 aromatic rings. The Kier molecular flexibility index (Phi) is 4.20. The number of rotatable bonds is 6. The fraction of sp³-hybridized carbons (Fsp3) is 0.214. The van der Waals surface area contributed by atoms with Gasteiger partial charge < -0.3 is 19.6 Å². The third-order valence-electron chi connectivity index (χ3n) is 2.55. The van der Waals surface area contributed by atoms with Gasteiger partial charge in [0.15, 0.2) is 0 Å². The lowest BCUT2D eigenvalue weighted by molar-refractivity contribution is 0.0944. The van der Waals surface area contributed by atoms with Gasteiger partial charge in [0, 0.05) is 12.1 Å². The van der Waals surface area contributed by atoms with Crippen LogP contribution in [0.25, 0.3) is 11.0 Å². The summed E-state index contributed by atoms with van der Waals surface area (Å²) in [5.74, 6) is 0.288. The maximum absolute atomic E-state index is 11.9. The quantitative estimate of drug-likeness (QED) is 0.777. The topological polar surface area (TPSA) is 71.7 Å². The molecule has 5 nitrogen and oxygen atoms in total. The molecule has 0 spiro atoms. The number of ether oxygens (including phenoxy) is 1. The molecule has 0 saturated carbocycles. The highest BCUT2D eigenvalue weighted by Gasteiger charge is 2.12. The molecule has 0 unspecified atom stereocenters. The van der Waals surface area contributed by atoms with Crippen LogP contribution in [-0.4, -0.2) is 30.8 Å². The second kappa shape index (κ2) is 6.06. The SMILES string of the molecule is C=CCOc1cc(C(=O)NCCO)cc2occc12. The summed E-state index contributed by atoms with van der Waals surface area (Å²) in [6, 6.07) is 5.07. The lowest BCUT2D eigenvalue weighted by Crippen LogP contribution is -2.26. The number of nitrogens with one attached hydrogen (secondary N) is 1. The zero-order valence-corrected chi connectivity index (χ0v) is 10.4. The first-order chi connectivity index (χ1) is 9.26. The fourth-order valence-electron chi connectivity index (χ4n) is 1.71. The van der Waals surface area contributed by atoms with Crippen molar-refractivity contribution < 1.29 is 19.1 Å². The molecular formula is C14H15NO4. The monoisotopic (exact) mass is 261 g/mol. The summed E-state index contributed by atoms with van der Waals surface area (Å²) in [6.45, 7) is 4.04. The van der Waals surface area contributed by atoms with Gasteiger partial charge >= 0.3 is 0 Å². The van der Waals surface area contributed by atoms with Crippen molar-refractivity contribution in [1.82, 2.24) is 5.32 Å². The summed E-state index contributed by atoms with van der Waals surface area (Å²) in [4.78, 5) is 11.9. The molecular weight excluding hydrogens is 246 g/mol. The van der Waals surface area contributed by atoms with Crippen molar-refractivity contribution in [1.29, 1.82) is 0 Å². The number of hydrogen-bond acceptors (Lipinski definition) is 4. The first-order valence-electron chi connectivity index (χ1n) is 5.90. The summed E-state index contributed by atoms with van der Waals surface area (Å²) in [7, 11) is 0. The van der Waals surface area contributed by atoms with Crippen molar-refractivity contribution >= 4 is 16.9 Å². The molecule has 1 amide bonds. The molecule has 0 saturated heterocycles. The Morgan fingerprint density at radius 2 is 2.37 bits per heavy atom. The van der Waals surface area contributed by atoms with E-state index in [9.17, 15) is 4.79 Å². The molecule has 2 N–H and O–H groups in total. The van der Waals surface area contributed by atoms with Crippen LogP contribution in [0.15, 0.2) is 41.5 Å². The molecule has 1 heterocycles. The molecule has 100 valence electrons. The highest BCUT2D eigenvalue weighted by molar-refractivity contribution is 5.99. The molecule has 0 aliphatic heterocycles. The van der Waals surface area contributed by atoms with Crippen LogP contribution in [0.1, 0.15) is 10.4 Å². The van der Waals surface area contributed by atoms with Crippen molar-refractivity contribution in [3.63, 3.8) is 0 Å². The van der Waals surface area contributed by atoms with Crippen LogP contribution >= 0.6 is 0 Å². The molecule has 0 aliphatic rings. The number of furan rings is 1. The average Bonchev–Trinajstić information content (AvgIpc) is 2.90. The lowest BCUT2D eigenvalue weighted by Gasteiger charge is -2.08. The van der Waals surface area contributed by atoms with Crippen LogP contribution < -0.4 is 10.1 Å². The number of amides is 1. The standard InChI is InChI=1S/C14H15NO4/c1-2-6-18-12-8-10(14(17)15-4-5-16)9-13-11(12)3-7-19-13/h2-3,7-9,16H,1,4-6H2,(H,15,17). The minimum absolute atomic E-state index is 0.103. The first-order valence-corrected chi connectivity index (χ1v) is 5.90. The van der Waals surface area contributed by atoms with Crippen LogP contribution in [0.3, 0.4) is 0 Å². The Balaban J connectivity index is 2.33. The van der Waals surface area contributed by atoms with Gasteiger partial charge in [-0.25, -0.2) is 0 Å². The van der Waals surface area contributed by atoms with E-state index in [2.05, 4.69) is 11.9 Å². The number of aliphatic hydroxyl groups excluding tert-OH is 1. The average molecular weight is 261 g/mol. The largest absolute Gasteiger partial charge is 0.489 e. The van der Waals surface area contributed by atoms with E-state index < -0.39 is 0 Å². The normalized spacial score (nSPS) is 10.4. The highest BCUT2D eigenvalue weighted by Crippen LogP contribution is 2.28. The van der Waals surface area contributed by atoms with Gasteiger partial charge in [-0.1, -0.05) is 12.7 Å². The second-order valence-electron chi connectivity index (χ2n) is 3.89. The zero-order chi connectivity index (χ0) is 13.7. The number of carbonyl (C=O) groups is 1. The Morgan fingerprint density at radius 1 is 1.53 bits per heavy atom. The van der Waals surface area contributed by atoms with Crippen LogP contribution in [0.2, 0.25) is 0 Å². The third-order valence-corrected chi connectivity index (χ3v) is 2.55. The van der Waals surface area contributed by atoms with E-state index in [-0.39, 0.29) is 19.1 Å². The summed E-state index contributed by atoms with van der Waals surface area (Å²) < 4.78 is 10.8. The number of fused-ring (bicyclic) bond motifs is 1. The van der Waals surface area contributed by atoms with E-state index >= 15 is 0 Å². The Hall–Kier alpha value is -2.27. The maximum Gasteiger partial charge on any atom is 0.251 e. The van der Waals surface area contributed by atoms with Crippen LogP contribution in [0.4, 0.5) is 0 Å². The van der Waals surface area contributed by atoms with Gasteiger partial charge in [0.2, 0.25) is 0 Å². The molecule has 2 rings (SSSR count). The Morgan fingerprint density at radius 3 is 3.11 bits per heavy atom. The van der Waals surface area contributed by atoms with Crippen LogP contribution in [0, 0.1) is 0 Å². The smallest absolute Gasteiger partial charge is 0.251 e. The van der Waals surface area contributed by atoms with Gasteiger partial charge in [-0.15, -0.1) is 0 Å². The van der Waals surface area contributed by atoms with Crippen molar-refractivity contribution in [2.75, 3.05) is 19.8 Å². The number of aliphatic hydroxyl groups is 1. The van der Waals surface area contributed by atoms with E-state index in [1.165, 1.54) is 0 Å². The van der Waals surface area contributed by atoms with Crippen LogP contribution in [-0.2, 0) is 0 Å². The van der Waals surface area contributed by atoms with E-state index in [0.717, 1.165) is 5.39 Å². The maximum atomic E-state index is 11.9. The Bertz CT molecular complexity index is 588. The first kappa shape index (κ1) is 13.2. The van der Waals surface area contributed by atoms with E-state index in [1.54, 1.807) is 30.5 Å². The van der Waals surface area contributed by atoms with Crippen LogP contribution in [0.5, 0.6) is 5.75 Å². The minimum Gasteiger partial charge on any atom is -0.489 e. The molecule has 0 atom stereocenters. The van der Waals surface area contributed by atoms with Crippen molar-refractivity contribution in [3.8, 4) is 5.75 Å². The number of benzene rings is 1. The van der Waals surface area contributed by atoms with Gasteiger partial charge in [0.25, 0.3) is 5.91 Å². The summed E-state index contributed by atoms with van der Waals surface area (Å²) in [5.41, 5.74) is 1.01. The molecule has 1 aromatic heterocycles. The van der Waals surface area contributed by atoms with E-state index in [1.807, 2.05) is 0 Å². The van der Waals surface area contributed by atoms with Gasteiger partial charge in [-0.05, 0) is 18.2 Å². The minimum atomic E-state index is -0.282. The van der Waals surface area contributed by atoms with Gasteiger partial charge in [-0.2, -0.15) is 0 Å². The molecule has 0 radical (unpaired) electrons. The predicted octanol–water partition coefficient (Wildman–Crippen LogP) is 1.72. The molecule has 19 heavy (non-hydrogen) atoms. The van der Waals surface area contributed by atoms with Gasteiger partial charge in [-0.3, -0.25) is 4.79 Å². The lowest BCUT2D eigenvalue weighted by atomic mass is 10.1. The predicted molar refractivity (Wildman–Crippen MR) is 71.3 cm³/mol. The summed E-state index contributed by atoms with van der Waals surface area (Å²) in [6.07, 6.45) is 3.17. The molecule has 5 heteroatoms. The van der Waals surface area contributed by atoms with Crippen molar-refractivity contribution in [3.05, 3.63) is 42.7 Å². The van der Waals surface area contributed by atoms with Gasteiger partial charge in [0.1, 0.15) is 17.9 Å². The third kappa shape index (κ3) is 2.95. The highest BCUT2D eigenvalue weighted by atomic mass is 16.5. The zero-order valence-electron chi connectivity index (χ0n) is 10.4. The van der Waals surface area contributed by atoms with Crippen molar-refractivity contribution in [2.24, 2.45) is 0 Å². The van der Waals surface area contributed by atoms with E-state index in [0.29, 0.717) is 23.5 Å². The molecule has 1 aromatic carbocycles. The van der Waals surface area contributed by atoms with Crippen molar-refractivity contribution in [2.45, 2.75) is 0 Å². The van der Waals surface area contributed by atoms with E-state index in [4.69, 9.17) is 14.3 Å². The number of carbonyl (C=O) groups excluding carboxylic acids is 1. The summed E-state index contributed by atoms with van der Waals surface area (Å²) in [5, 5.41) is 12.1. The molecule has 0 fully saturated rings. The fourth-order valence-corrected chi connectivity index (χ4v) is 1.71. The summed E-state index contributed by atoms with van der Waals surface area (Å²) >= 11 is 0. The second-order valence-corrected chi connectivity index (χ2v) is 3.89. The Labute approximate surface area is 110 Å². The molecule has 0 aliphatic carbocycles. The van der Waals surface area contributed by atoms with Gasteiger partial charge in [0.05, 0.1) is 18.3 Å². The number of hydrogen-bond donors (Lipinski definition) is 2. The molecule has 0 bridgehead atoms.